The van der Waals surface area contributed by atoms with Crippen LogP contribution in [0.5, 0.6) is 0 Å². The number of carbonyl (C=O) groups is 1. The van der Waals surface area contributed by atoms with E-state index in [0.717, 1.165) is 23.4 Å². The average Bonchev–Trinajstić information content (AvgIpc) is 2.54. The second-order valence-electron chi connectivity index (χ2n) is 5.65. The van der Waals surface area contributed by atoms with Crippen molar-refractivity contribution in [3.63, 3.8) is 0 Å². The predicted molar refractivity (Wildman–Crippen MR) is 88.3 cm³/mol. The Kier molecular flexibility index (Phi) is 5.49. The molecule has 0 saturated heterocycles. The highest BCUT2D eigenvalue weighted by atomic mass is 19.4. The Morgan fingerprint density at radius 1 is 1.08 bits per heavy atom. The van der Waals surface area contributed by atoms with Crippen molar-refractivity contribution >= 4 is 11.6 Å². The zero-order chi connectivity index (χ0) is 17.7. The molecule has 0 unspecified atom stereocenters. The van der Waals surface area contributed by atoms with Gasteiger partial charge in [-0.1, -0.05) is 18.2 Å². The zero-order valence-electron chi connectivity index (χ0n) is 13.5. The van der Waals surface area contributed by atoms with E-state index in [4.69, 9.17) is 0 Å². The Hall–Kier alpha value is -2.50. The van der Waals surface area contributed by atoms with Crippen LogP contribution in [0.4, 0.5) is 18.9 Å². The highest BCUT2D eigenvalue weighted by molar-refractivity contribution is 5.95. The number of rotatable bonds is 5. The normalized spacial score (nSPS) is 11.2. The van der Waals surface area contributed by atoms with Crippen molar-refractivity contribution in [2.75, 3.05) is 25.5 Å². The summed E-state index contributed by atoms with van der Waals surface area (Å²) in [5.74, 6) is -0.203. The minimum absolute atomic E-state index is 0.203. The van der Waals surface area contributed by atoms with Crippen molar-refractivity contribution in [3.05, 3.63) is 65.2 Å². The summed E-state index contributed by atoms with van der Waals surface area (Å²) in [5, 5.41) is 2.78. The smallest absolute Gasteiger partial charge is 0.378 e. The molecule has 128 valence electrons. The van der Waals surface area contributed by atoms with Gasteiger partial charge in [-0.3, -0.25) is 4.79 Å². The maximum Gasteiger partial charge on any atom is 0.416 e. The molecule has 2 aromatic rings. The first-order valence-electron chi connectivity index (χ1n) is 7.49. The fourth-order valence-corrected chi connectivity index (χ4v) is 2.21. The van der Waals surface area contributed by atoms with Crippen LogP contribution in [0.15, 0.2) is 48.5 Å². The number of hydrogen-bond donors (Lipinski definition) is 1. The second-order valence-corrected chi connectivity index (χ2v) is 5.65. The van der Waals surface area contributed by atoms with E-state index in [1.807, 2.05) is 25.1 Å². The van der Waals surface area contributed by atoms with Crippen LogP contribution in [-0.4, -0.2) is 26.5 Å². The third-order valence-electron chi connectivity index (χ3n) is 3.61. The van der Waals surface area contributed by atoms with Gasteiger partial charge in [0.05, 0.1) is 5.56 Å². The molecule has 2 rings (SSSR count). The summed E-state index contributed by atoms with van der Waals surface area (Å²) in [6.45, 7) is 0.358. The Labute approximate surface area is 139 Å². The van der Waals surface area contributed by atoms with E-state index in [9.17, 15) is 18.0 Å². The van der Waals surface area contributed by atoms with Crippen molar-refractivity contribution in [2.24, 2.45) is 0 Å². The molecule has 3 nitrogen and oxygen atoms in total. The Bertz CT molecular complexity index is 694. The van der Waals surface area contributed by atoms with E-state index < -0.39 is 11.7 Å². The van der Waals surface area contributed by atoms with E-state index >= 15 is 0 Å². The summed E-state index contributed by atoms with van der Waals surface area (Å²) in [5.41, 5.74) is 1.54. The molecule has 0 aliphatic carbocycles. The van der Waals surface area contributed by atoms with Gasteiger partial charge in [-0.05, 0) is 42.3 Å². The molecule has 2 aromatic carbocycles. The highest BCUT2D eigenvalue weighted by Crippen LogP contribution is 2.29. The summed E-state index contributed by atoms with van der Waals surface area (Å²) in [6, 6.07) is 12.2. The molecule has 1 amide bonds. The van der Waals surface area contributed by atoms with Crippen LogP contribution in [0.2, 0.25) is 0 Å². The molecule has 0 spiro atoms. The van der Waals surface area contributed by atoms with Crippen molar-refractivity contribution < 1.29 is 18.0 Å². The predicted octanol–water partition coefficient (Wildman–Crippen LogP) is 3.74. The first kappa shape index (κ1) is 17.8. The van der Waals surface area contributed by atoms with Crippen LogP contribution in [0.1, 0.15) is 21.5 Å². The van der Waals surface area contributed by atoms with Crippen molar-refractivity contribution in [1.82, 2.24) is 5.32 Å². The quantitative estimate of drug-likeness (QED) is 0.902. The third kappa shape index (κ3) is 4.75. The summed E-state index contributed by atoms with van der Waals surface area (Å²) in [6.07, 6.45) is -3.86. The lowest BCUT2D eigenvalue weighted by molar-refractivity contribution is -0.137. The Balaban J connectivity index is 1.90. The minimum atomic E-state index is -4.33. The van der Waals surface area contributed by atoms with E-state index in [1.54, 1.807) is 18.2 Å². The largest absolute Gasteiger partial charge is 0.416 e. The van der Waals surface area contributed by atoms with Crippen molar-refractivity contribution in [3.8, 4) is 0 Å². The molecular formula is C18H19F3N2O. The zero-order valence-corrected chi connectivity index (χ0v) is 13.5. The van der Waals surface area contributed by atoms with Gasteiger partial charge < -0.3 is 10.2 Å². The maximum absolute atomic E-state index is 12.5. The van der Waals surface area contributed by atoms with Gasteiger partial charge in [0.15, 0.2) is 0 Å². The van der Waals surface area contributed by atoms with Crippen LogP contribution >= 0.6 is 0 Å². The molecule has 1 N–H and O–H groups in total. The standard InChI is InChI=1S/C18H19F3N2O/c1-23(2)16-5-3-4-14(12-16)17(24)22-11-10-13-6-8-15(9-7-13)18(19,20)21/h3-9,12H,10-11H2,1-2H3,(H,22,24). The first-order chi connectivity index (χ1) is 11.3. The minimum Gasteiger partial charge on any atom is -0.378 e. The van der Waals surface area contributed by atoms with Gasteiger partial charge in [0.25, 0.3) is 5.91 Å². The third-order valence-corrected chi connectivity index (χ3v) is 3.61. The van der Waals surface area contributed by atoms with Crippen LogP contribution in [0.3, 0.4) is 0 Å². The molecule has 0 aliphatic heterocycles. The number of nitrogens with zero attached hydrogens (tertiary/aromatic N) is 1. The number of benzene rings is 2. The summed E-state index contributed by atoms with van der Waals surface area (Å²) < 4.78 is 37.5. The fourth-order valence-electron chi connectivity index (χ4n) is 2.21. The number of anilines is 1. The molecule has 0 saturated carbocycles. The molecule has 24 heavy (non-hydrogen) atoms. The Morgan fingerprint density at radius 2 is 1.75 bits per heavy atom. The van der Waals surface area contributed by atoms with Gasteiger partial charge in [-0.15, -0.1) is 0 Å². The fraction of sp³-hybridized carbons (Fsp3) is 0.278. The van der Waals surface area contributed by atoms with Crippen LogP contribution in [0.25, 0.3) is 0 Å². The number of nitrogens with one attached hydrogen (secondary N) is 1. The van der Waals surface area contributed by atoms with Crippen LogP contribution in [0, 0.1) is 0 Å². The lowest BCUT2D eigenvalue weighted by Crippen LogP contribution is -2.26. The molecule has 6 heteroatoms. The lowest BCUT2D eigenvalue weighted by atomic mass is 10.1. The second kappa shape index (κ2) is 7.38. The number of amides is 1. The van der Waals surface area contributed by atoms with E-state index in [0.29, 0.717) is 18.5 Å². The molecule has 0 aliphatic rings. The van der Waals surface area contributed by atoms with Crippen LogP contribution in [-0.2, 0) is 12.6 Å². The summed E-state index contributed by atoms with van der Waals surface area (Å²) >= 11 is 0. The van der Waals surface area contributed by atoms with Gasteiger partial charge in [0.1, 0.15) is 0 Å². The number of alkyl halides is 3. The van der Waals surface area contributed by atoms with Crippen molar-refractivity contribution in [2.45, 2.75) is 12.6 Å². The van der Waals surface area contributed by atoms with E-state index in [1.165, 1.54) is 12.1 Å². The number of carbonyl (C=O) groups excluding carboxylic acids is 1. The van der Waals surface area contributed by atoms with Crippen molar-refractivity contribution in [1.29, 1.82) is 0 Å². The highest BCUT2D eigenvalue weighted by Gasteiger charge is 2.29. The molecular weight excluding hydrogens is 317 g/mol. The van der Waals surface area contributed by atoms with Gasteiger partial charge in [0.2, 0.25) is 0 Å². The molecule has 0 fully saturated rings. The molecule has 0 bridgehead atoms. The molecule has 0 radical (unpaired) electrons. The molecule has 0 atom stereocenters. The van der Waals surface area contributed by atoms with Crippen LogP contribution < -0.4 is 10.2 Å². The summed E-state index contributed by atoms with van der Waals surface area (Å²) in [4.78, 5) is 14.0. The average molecular weight is 336 g/mol. The number of halogens is 3. The SMILES string of the molecule is CN(C)c1cccc(C(=O)NCCc2ccc(C(F)(F)F)cc2)c1. The van der Waals surface area contributed by atoms with Gasteiger partial charge in [-0.25, -0.2) is 0 Å². The van der Waals surface area contributed by atoms with Gasteiger partial charge in [0, 0.05) is 31.9 Å². The lowest BCUT2D eigenvalue weighted by Gasteiger charge is -2.13. The van der Waals surface area contributed by atoms with E-state index in [-0.39, 0.29) is 5.91 Å². The number of hydrogen-bond acceptors (Lipinski definition) is 2. The molecule has 0 aromatic heterocycles. The Morgan fingerprint density at radius 3 is 2.33 bits per heavy atom. The maximum atomic E-state index is 12.5. The molecule has 0 heterocycles. The topological polar surface area (TPSA) is 32.3 Å². The monoisotopic (exact) mass is 336 g/mol. The first-order valence-corrected chi connectivity index (χ1v) is 7.49. The van der Waals surface area contributed by atoms with E-state index in [2.05, 4.69) is 5.32 Å². The van der Waals surface area contributed by atoms with Gasteiger partial charge in [-0.2, -0.15) is 13.2 Å². The van der Waals surface area contributed by atoms with Gasteiger partial charge >= 0.3 is 6.18 Å². The summed E-state index contributed by atoms with van der Waals surface area (Å²) in [7, 11) is 3.78.